The van der Waals surface area contributed by atoms with Gasteiger partial charge >= 0.3 is 6.18 Å². The normalized spacial score (nSPS) is 20.0. The Hall–Kier alpha value is -3.88. The first kappa shape index (κ1) is 24.8. The van der Waals surface area contributed by atoms with Gasteiger partial charge in [-0.3, -0.25) is 9.78 Å². The van der Waals surface area contributed by atoms with Crippen molar-refractivity contribution in [3.63, 3.8) is 0 Å². The van der Waals surface area contributed by atoms with Crippen LogP contribution in [-0.2, 0) is 24.1 Å². The number of hydrogen-bond donors (Lipinski definition) is 0. The van der Waals surface area contributed by atoms with Crippen LogP contribution in [0.5, 0.6) is 5.75 Å². The third kappa shape index (κ3) is 4.54. The van der Waals surface area contributed by atoms with Crippen molar-refractivity contribution in [3.05, 3.63) is 41.6 Å². The highest BCUT2D eigenvalue weighted by Gasteiger charge is 2.41. The highest BCUT2D eigenvalue weighted by Crippen LogP contribution is 2.36. The minimum absolute atomic E-state index is 0.00455. The third-order valence-electron chi connectivity index (χ3n) is 7.10. The molecule has 2 aromatic heterocycles. The molecule has 0 bridgehead atoms. The van der Waals surface area contributed by atoms with Crippen LogP contribution in [0.25, 0.3) is 10.9 Å². The first-order valence-corrected chi connectivity index (χ1v) is 12.2. The second kappa shape index (κ2) is 9.53. The summed E-state index contributed by atoms with van der Waals surface area (Å²) in [6.45, 7) is 5.74. The van der Waals surface area contributed by atoms with Crippen molar-refractivity contribution in [2.75, 3.05) is 31.1 Å². The van der Waals surface area contributed by atoms with Crippen LogP contribution in [0.1, 0.15) is 37.5 Å². The van der Waals surface area contributed by atoms with E-state index in [2.05, 4.69) is 26.2 Å². The molecule has 0 unspecified atom stereocenters. The predicted octanol–water partition coefficient (Wildman–Crippen LogP) is 3.62. The van der Waals surface area contributed by atoms with Crippen molar-refractivity contribution in [2.45, 2.75) is 39.5 Å². The van der Waals surface area contributed by atoms with E-state index in [1.165, 1.54) is 0 Å². The lowest BCUT2D eigenvalue weighted by molar-refractivity contribution is -0.148. The molecule has 0 spiro atoms. The summed E-state index contributed by atoms with van der Waals surface area (Å²) >= 11 is 0. The van der Waals surface area contributed by atoms with Crippen LogP contribution in [0.2, 0.25) is 0 Å². The number of nitrogens with zero attached hydrogens (tertiary/aromatic N) is 7. The SMILES string of the molecule is CCOc1ccc2c(N3CC[C@H](C(=O)N4CCn5c(nnc5C(F)(F)F)C4)[C@H](C)C3)c(C#N)cnc2c1. The van der Waals surface area contributed by atoms with Crippen molar-refractivity contribution in [1.82, 2.24) is 24.6 Å². The average Bonchev–Trinajstić information content (AvgIpc) is 3.32. The summed E-state index contributed by atoms with van der Waals surface area (Å²) in [5.74, 6) is -0.583. The predicted molar refractivity (Wildman–Crippen MR) is 128 cm³/mol. The molecule has 1 saturated heterocycles. The zero-order valence-corrected chi connectivity index (χ0v) is 20.5. The number of ether oxygens (including phenoxy) is 1. The van der Waals surface area contributed by atoms with Crippen molar-refractivity contribution >= 4 is 22.5 Å². The highest BCUT2D eigenvalue weighted by molar-refractivity contribution is 5.95. The Morgan fingerprint density at radius 1 is 1.24 bits per heavy atom. The molecule has 0 radical (unpaired) electrons. The van der Waals surface area contributed by atoms with Gasteiger partial charge in [0.25, 0.3) is 0 Å². The number of hydrogen-bond acceptors (Lipinski definition) is 7. The summed E-state index contributed by atoms with van der Waals surface area (Å²) < 4.78 is 46.1. The molecule has 1 aromatic carbocycles. The van der Waals surface area contributed by atoms with E-state index in [4.69, 9.17) is 4.74 Å². The number of nitriles is 1. The molecular weight excluding hydrogens is 487 g/mol. The number of fused-ring (bicyclic) bond motifs is 2. The first-order valence-electron chi connectivity index (χ1n) is 12.2. The minimum atomic E-state index is -4.58. The molecule has 4 heterocycles. The fourth-order valence-electron chi connectivity index (χ4n) is 5.34. The van der Waals surface area contributed by atoms with E-state index < -0.39 is 12.0 Å². The Kier molecular flexibility index (Phi) is 6.39. The van der Waals surface area contributed by atoms with Gasteiger partial charge in [0.1, 0.15) is 11.8 Å². The fourth-order valence-corrected chi connectivity index (χ4v) is 5.34. The fraction of sp³-hybridized carbons (Fsp3) is 0.480. The van der Waals surface area contributed by atoms with Crippen LogP contribution in [0.15, 0.2) is 24.4 Å². The lowest BCUT2D eigenvalue weighted by Crippen LogP contribution is -2.49. The highest BCUT2D eigenvalue weighted by atomic mass is 19.4. The van der Waals surface area contributed by atoms with Crippen LogP contribution in [-0.4, -0.2) is 56.8 Å². The van der Waals surface area contributed by atoms with Crippen LogP contribution >= 0.6 is 0 Å². The molecule has 2 aliphatic heterocycles. The number of piperidine rings is 1. The van der Waals surface area contributed by atoms with Crippen LogP contribution in [0, 0.1) is 23.2 Å². The molecule has 5 rings (SSSR count). The number of halogens is 3. The van der Waals surface area contributed by atoms with Gasteiger partial charge in [-0.15, -0.1) is 10.2 Å². The summed E-state index contributed by atoms with van der Waals surface area (Å²) in [5, 5.41) is 17.6. The van der Waals surface area contributed by atoms with Crippen LogP contribution < -0.4 is 9.64 Å². The summed E-state index contributed by atoms with van der Waals surface area (Å²) in [6.07, 6.45) is -2.46. The zero-order chi connectivity index (χ0) is 26.3. The van der Waals surface area contributed by atoms with Gasteiger partial charge in [-0.05, 0) is 31.4 Å². The molecule has 2 aliphatic rings. The Morgan fingerprint density at radius 2 is 2.05 bits per heavy atom. The topological polar surface area (TPSA) is 100 Å². The molecule has 0 saturated carbocycles. The van der Waals surface area contributed by atoms with Gasteiger partial charge < -0.3 is 19.1 Å². The molecular formula is C25H26F3N7O2. The Morgan fingerprint density at radius 3 is 2.76 bits per heavy atom. The van der Waals surface area contributed by atoms with Gasteiger partial charge in [0.15, 0.2) is 5.82 Å². The van der Waals surface area contributed by atoms with Gasteiger partial charge in [0.2, 0.25) is 11.7 Å². The summed E-state index contributed by atoms with van der Waals surface area (Å²) in [5.41, 5.74) is 1.98. The number of alkyl halides is 3. The number of aromatic nitrogens is 4. The number of benzene rings is 1. The van der Waals surface area contributed by atoms with E-state index >= 15 is 0 Å². The Labute approximate surface area is 211 Å². The molecule has 0 aliphatic carbocycles. The van der Waals surface area contributed by atoms with E-state index in [1.807, 2.05) is 32.0 Å². The smallest absolute Gasteiger partial charge is 0.451 e. The lowest BCUT2D eigenvalue weighted by atomic mass is 9.85. The summed E-state index contributed by atoms with van der Waals surface area (Å²) in [4.78, 5) is 21.5. The van der Waals surface area contributed by atoms with Gasteiger partial charge in [-0.2, -0.15) is 18.4 Å². The van der Waals surface area contributed by atoms with E-state index in [0.29, 0.717) is 37.4 Å². The molecule has 194 valence electrons. The number of carbonyl (C=O) groups excluding carboxylic acids is 1. The van der Waals surface area contributed by atoms with E-state index in [-0.39, 0.29) is 43.2 Å². The molecule has 12 heteroatoms. The minimum Gasteiger partial charge on any atom is -0.494 e. The van der Waals surface area contributed by atoms with Crippen LogP contribution in [0.4, 0.5) is 18.9 Å². The number of anilines is 1. The molecule has 1 amide bonds. The Bertz CT molecular complexity index is 1380. The molecule has 0 N–H and O–H groups in total. The van der Waals surface area contributed by atoms with E-state index in [9.17, 15) is 23.2 Å². The van der Waals surface area contributed by atoms with Crippen molar-refractivity contribution in [2.24, 2.45) is 11.8 Å². The molecule has 1 fully saturated rings. The second-order valence-corrected chi connectivity index (χ2v) is 9.41. The monoisotopic (exact) mass is 513 g/mol. The maximum Gasteiger partial charge on any atom is 0.451 e. The van der Waals surface area contributed by atoms with Gasteiger partial charge in [0.05, 0.1) is 29.9 Å². The number of amides is 1. The average molecular weight is 514 g/mol. The van der Waals surface area contributed by atoms with Crippen LogP contribution in [0.3, 0.4) is 0 Å². The molecule has 37 heavy (non-hydrogen) atoms. The number of carbonyl (C=O) groups is 1. The summed E-state index contributed by atoms with van der Waals surface area (Å²) in [6, 6.07) is 7.86. The van der Waals surface area contributed by atoms with Gasteiger partial charge in [-0.25, -0.2) is 0 Å². The molecule has 9 nitrogen and oxygen atoms in total. The van der Waals surface area contributed by atoms with Crippen molar-refractivity contribution in [1.29, 1.82) is 5.26 Å². The standard InChI is InChI=1S/C25H26F3N7O2/c1-3-37-17-4-5-19-20(10-17)30-12-16(11-29)22(19)33-7-6-18(15(2)13-33)23(36)34-8-9-35-21(14-34)31-32-24(35)25(26,27)28/h4-5,10,12,15,18H,3,6-9,13-14H2,1-2H3/t15-,18+/m1/s1. The van der Waals surface area contributed by atoms with Crippen molar-refractivity contribution in [3.8, 4) is 11.8 Å². The maximum atomic E-state index is 13.4. The molecule has 3 aromatic rings. The van der Waals surface area contributed by atoms with E-state index in [0.717, 1.165) is 21.2 Å². The van der Waals surface area contributed by atoms with Gasteiger partial charge in [-0.1, -0.05) is 6.92 Å². The second-order valence-electron chi connectivity index (χ2n) is 9.41. The van der Waals surface area contributed by atoms with E-state index in [1.54, 1.807) is 11.1 Å². The Balaban J connectivity index is 1.33. The maximum absolute atomic E-state index is 13.4. The number of pyridine rings is 1. The quantitative estimate of drug-likeness (QED) is 0.525. The summed E-state index contributed by atoms with van der Waals surface area (Å²) in [7, 11) is 0. The zero-order valence-electron chi connectivity index (χ0n) is 20.5. The van der Waals surface area contributed by atoms with Crippen molar-refractivity contribution < 1.29 is 22.7 Å². The third-order valence-corrected chi connectivity index (χ3v) is 7.10. The number of rotatable bonds is 4. The van der Waals surface area contributed by atoms with Gasteiger partial charge in [0, 0.05) is 49.7 Å². The largest absolute Gasteiger partial charge is 0.494 e. The molecule has 2 atom stereocenters. The first-order chi connectivity index (χ1) is 17.7. The lowest BCUT2D eigenvalue weighted by Gasteiger charge is -2.40.